The summed E-state index contributed by atoms with van der Waals surface area (Å²) in [6.45, 7) is 11.5. The third kappa shape index (κ3) is 3.94. The van der Waals surface area contributed by atoms with E-state index in [2.05, 4.69) is 46.8 Å². The first-order valence-corrected chi connectivity index (χ1v) is 5.30. The summed E-state index contributed by atoms with van der Waals surface area (Å²) in [6, 6.07) is 0. The molecule has 2 unspecified atom stereocenters. The molecule has 0 saturated carbocycles. The van der Waals surface area contributed by atoms with Crippen LogP contribution in [0.5, 0.6) is 0 Å². The van der Waals surface area contributed by atoms with Crippen molar-refractivity contribution in [2.24, 2.45) is 17.8 Å². The normalized spacial score (nSPS) is 17.2. The topological polar surface area (TPSA) is 0 Å². The molecule has 0 aliphatic rings. The second kappa shape index (κ2) is 6.28. The summed E-state index contributed by atoms with van der Waals surface area (Å²) >= 11 is 0. The molecule has 0 aliphatic heterocycles. The van der Waals surface area contributed by atoms with Crippen LogP contribution in [0.25, 0.3) is 0 Å². The second-order valence-corrected chi connectivity index (χ2v) is 4.01. The zero-order chi connectivity index (χ0) is 9.56. The standard InChI is InChI=1S/C12H24/c1-6-8-9-12(7-2)11(5)10(3)4/h8-12H,6-7H2,1-5H3. The molecule has 0 aromatic heterocycles. The lowest BCUT2D eigenvalue weighted by molar-refractivity contribution is 0.317. The van der Waals surface area contributed by atoms with E-state index in [0.717, 1.165) is 17.8 Å². The zero-order valence-corrected chi connectivity index (χ0v) is 9.30. The van der Waals surface area contributed by atoms with Gasteiger partial charge in [-0.05, 0) is 30.6 Å². The van der Waals surface area contributed by atoms with Crippen molar-refractivity contribution in [2.75, 3.05) is 0 Å². The maximum absolute atomic E-state index is 2.39. The lowest BCUT2D eigenvalue weighted by atomic mass is 9.83. The Morgan fingerprint density at radius 3 is 2.00 bits per heavy atom. The minimum Gasteiger partial charge on any atom is -0.0885 e. The van der Waals surface area contributed by atoms with Crippen molar-refractivity contribution in [3.63, 3.8) is 0 Å². The first kappa shape index (κ1) is 11.7. The van der Waals surface area contributed by atoms with E-state index in [1.807, 2.05) is 0 Å². The molecule has 0 nitrogen and oxygen atoms in total. The van der Waals surface area contributed by atoms with E-state index in [0.29, 0.717) is 0 Å². The molecule has 0 heteroatoms. The van der Waals surface area contributed by atoms with E-state index in [9.17, 15) is 0 Å². The van der Waals surface area contributed by atoms with Crippen LogP contribution in [0.3, 0.4) is 0 Å². The number of rotatable bonds is 5. The van der Waals surface area contributed by atoms with Crippen LogP contribution >= 0.6 is 0 Å². The summed E-state index contributed by atoms with van der Waals surface area (Å²) < 4.78 is 0. The van der Waals surface area contributed by atoms with Gasteiger partial charge in [0.15, 0.2) is 0 Å². The lowest BCUT2D eigenvalue weighted by Gasteiger charge is -2.22. The summed E-state index contributed by atoms with van der Waals surface area (Å²) in [6.07, 6.45) is 7.13. The predicted octanol–water partition coefficient (Wildman–Crippen LogP) is 4.27. The van der Waals surface area contributed by atoms with Crippen LogP contribution < -0.4 is 0 Å². The molecule has 0 heterocycles. The maximum Gasteiger partial charge on any atom is -0.0208 e. The Balaban J connectivity index is 4.04. The number of allylic oxidation sites excluding steroid dienone is 2. The highest BCUT2D eigenvalue weighted by atomic mass is 14.2. The van der Waals surface area contributed by atoms with Crippen molar-refractivity contribution in [1.82, 2.24) is 0 Å². The Hall–Kier alpha value is -0.260. The average Bonchev–Trinajstić information content (AvgIpc) is 2.05. The third-order valence-electron chi connectivity index (χ3n) is 2.82. The Morgan fingerprint density at radius 1 is 1.08 bits per heavy atom. The van der Waals surface area contributed by atoms with Crippen LogP contribution in [0.2, 0.25) is 0 Å². The minimum absolute atomic E-state index is 0.782. The molecule has 0 spiro atoms. The maximum atomic E-state index is 2.39. The van der Waals surface area contributed by atoms with Gasteiger partial charge in [0.2, 0.25) is 0 Å². The average molecular weight is 168 g/mol. The van der Waals surface area contributed by atoms with Crippen LogP contribution in [0, 0.1) is 17.8 Å². The molecular weight excluding hydrogens is 144 g/mol. The van der Waals surface area contributed by atoms with Crippen molar-refractivity contribution in [2.45, 2.75) is 47.5 Å². The quantitative estimate of drug-likeness (QED) is 0.538. The molecule has 0 aromatic rings. The lowest BCUT2D eigenvalue weighted by Crippen LogP contribution is -2.14. The van der Waals surface area contributed by atoms with Crippen LogP contribution in [0.15, 0.2) is 12.2 Å². The molecule has 2 atom stereocenters. The van der Waals surface area contributed by atoms with Gasteiger partial charge in [-0.3, -0.25) is 0 Å². The first-order valence-electron chi connectivity index (χ1n) is 5.30. The summed E-state index contributed by atoms with van der Waals surface area (Å²) in [5, 5.41) is 0. The Bertz CT molecular complexity index is 122. The smallest absolute Gasteiger partial charge is 0.0208 e. The van der Waals surface area contributed by atoms with Gasteiger partial charge in [0.1, 0.15) is 0 Å². The van der Waals surface area contributed by atoms with Crippen LogP contribution in [-0.2, 0) is 0 Å². The van der Waals surface area contributed by atoms with Gasteiger partial charge in [-0.25, -0.2) is 0 Å². The molecule has 0 rings (SSSR count). The molecule has 72 valence electrons. The van der Waals surface area contributed by atoms with Gasteiger partial charge < -0.3 is 0 Å². The van der Waals surface area contributed by atoms with E-state index in [4.69, 9.17) is 0 Å². The highest BCUT2D eigenvalue weighted by Gasteiger charge is 2.15. The summed E-state index contributed by atoms with van der Waals surface area (Å²) in [4.78, 5) is 0. The summed E-state index contributed by atoms with van der Waals surface area (Å²) in [5.74, 6) is 2.40. The molecule has 0 bridgehead atoms. The monoisotopic (exact) mass is 168 g/mol. The Labute approximate surface area is 78.1 Å². The highest BCUT2D eigenvalue weighted by Crippen LogP contribution is 2.24. The molecule has 0 aromatic carbocycles. The molecule has 0 saturated heterocycles. The zero-order valence-electron chi connectivity index (χ0n) is 9.30. The molecule has 0 amide bonds. The summed E-state index contributed by atoms with van der Waals surface area (Å²) in [7, 11) is 0. The molecule has 12 heavy (non-hydrogen) atoms. The van der Waals surface area contributed by atoms with E-state index >= 15 is 0 Å². The molecule has 0 N–H and O–H groups in total. The Morgan fingerprint density at radius 2 is 1.67 bits per heavy atom. The molecule has 0 fully saturated rings. The van der Waals surface area contributed by atoms with Gasteiger partial charge in [0.05, 0.1) is 0 Å². The van der Waals surface area contributed by atoms with Gasteiger partial charge in [-0.15, -0.1) is 0 Å². The second-order valence-electron chi connectivity index (χ2n) is 4.01. The van der Waals surface area contributed by atoms with Crippen molar-refractivity contribution >= 4 is 0 Å². The fourth-order valence-electron chi connectivity index (χ4n) is 1.49. The minimum atomic E-state index is 0.782. The van der Waals surface area contributed by atoms with E-state index in [-0.39, 0.29) is 0 Å². The number of hydrogen-bond donors (Lipinski definition) is 0. The Kier molecular flexibility index (Phi) is 6.14. The van der Waals surface area contributed by atoms with Gasteiger partial charge in [0, 0.05) is 0 Å². The SMILES string of the molecule is CCC=CC(CC)C(C)C(C)C. The highest BCUT2D eigenvalue weighted by molar-refractivity contribution is 4.90. The largest absolute Gasteiger partial charge is 0.0885 e. The number of hydrogen-bond acceptors (Lipinski definition) is 0. The van der Waals surface area contributed by atoms with E-state index in [1.54, 1.807) is 0 Å². The third-order valence-corrected chi connectivity index (χ3v) is 2.82. The van der Waals surface area contributed by atoms with Crippen molar-refractivity contribution in [3.05, 3.63) is 12.2 Å². The van der Waals surface area contributed by atoms with E-state index in [1.165, 1.54) is 12.8 Å². The van der Waals surface area contributed by atoms with Gasteiger partial charge in [-0.1, -0.05) is 46.8 Å². The molecular formula is C12H24. The van der Waals surface area contributed by atoms with Crippen LogP contribution in [0.1, 0.15) is 47.5 Å². The van der Waals surface area contributed by atoms with Crippen molar-refractivity contribution < 1.29 is 0 Å². The first-order chi connectivity index (χ1) is 5.63. The van der Waals surface area contributed by atoms with Crippen LogP contribution in [-0.4, -0.2) is 0 Å². The molecule has 0 radical (unpaired) electrons. The predicted molar refractivity (Wildman–Crippen MR) is 57.2 cm³/mol. The van der Waals surface area contributed by atoms with Gasteiger partial charge in [0.25, 0.3) is 0 Å². The van der Waals surface area contributed by atoms with Crippen molar-refractivity contribution in [3.8, 4) is 0 Å². The summed E-state index contributed by atoms with van der Waals surface area (Å²) in [5.41, 5.74) is 0. The van der Waals surface area contributed by atoms with E-state index < -0.39 is 0 Å². The van der Waals surface area contributed by atoms with Crippen molar-refractivity contribution in [1.29, 1.82) is 0 Å². The fourth-order valence-corrected chi connectivity index (χ4v) is 1.49. The van der Waals surface area contributed by atoms with Gasteiger partial charge in [-0.2, -0.15) is 0 Å². The van der Waals surface area contributed by atoms with Gasteiger partial charge >= 0.3 is 0 Å². The molecule has 0 aliphatic carbocycles. The van der Waals surface area contributed by atoms with Crippen LogP contribution in [0.4, 0.5) is 0 Å². The fraction of sp³-hybridized carbons (Fsp3) is 0.833.